The number of imidazole rings is 1. The van der Waals surface area contributed by atoms with Crippen LogP contribution in [0.4, 0.5) is 0 Å². The fourth-order valence-corrected chi connectivity index (χ4v) is 4.62. The molecule has 0 fully saturated rings. The second-order valence-electron chi connectivity index (χ2n) is 7.98. The van der Waals surface area contributed by atoms with Crippen LogP contribution in [0.25, 0.3) is 33.3 Å². The van der Waals surface area contributed by atoms with Gasteiger partial charge < -0.3 is 19.4 Å². The molecule has 5 heterocycles. The lowest BCUT2D eigenvalue weighted by Gasteiger charge is -2.27. The van der Waals surface area contributed by atoms with E-state index in [9.17, 15) is 9.90 Å². The van der Waals surface area contributed by atoms with Crippen LogP contribution >= 0.6 is 0 Å². The largest absolute Gasteiger partial charge is 0.493 e. The topological polar surface area (TPSA) is 119 Å². The highest BCUT2D eigenvalue weighted by Gasteiger charge is 2.33. The summed E-state index contributed by atoms with van der Waals surface area (Å²) in [5.41, 5.74) is 4.90. The summed E-state index contributed by atoms with van der Waals surface area (Å²) in [4.78, 5) is 24.7. The van der Waals surface area contributed by atoms with Gasteiger partial charge in [0.15, 0.2) is 5.75 Å². The molecule has 1 atom stereocenters. The van der Waals surface area contributed by atoms with Crippen LogP contribution in [0, 0.1) is 13.8 Å². The van der Waals surface area contributed by atoms with E-state index in [2.05, 4.69) is 20.1 Å². The third-order valence-electron chi connectivity index (χ3n) is 6.05. The highest BCUT2D eigenvalue weighted by atomic mass is 16.5. The van der Waals surface area contributed by atoms with Crippen LogP contribution in [0.5, 0.6) is 11.6 Å². The van der Waals surface area contributed by atoms with Crippen molar-refractivity contribution < 1.29 is 14.4 Å². The zero-order valence-electron chi connectivity index (χ0n) is 17.9. The molecule has 0 bridgehead atoms. The number of ether oxygens (including phenoxy) is 1. The number of benzene rings is 1. The van der Waals surface area contributed by atoms with Gasteiger partial charge >= 0.3 is 5.69 Å². The van der Waals surface area contributed by atoms with Gasteiger partial charge in [0.25, 0.3) is 0 Å². The quantitative estimate of drug-likeness (QED) is 0.438. The first-order chi connectivity index (χ1) is 16.0. The number of aromatic nitrogens is 5. The van der Waals surface area contributed by atoms with Crippen molar-refractivity contribution in [2.24, 2.45) is 0 Å². The van der Waals surface area contributed by atoms with E-state index in [1.807, 2.05) is 38.1 Å². The number of hydrogen-bond donors (Lipinski definition) is 2. The molecule has 5 aromatic rings. The molecule has 4 aromatic heterocycles. The highest BCUT2D eigenvalue weighted by molar-refractivity contribution is 6.02. The standard InChI is InChI=1S/C24H19N5O4/c1-12-19(13(2)33-28-12)16-10-15(14-6-5-9-26-23(14)30)20-21-22(16)32-11-18(29(21)24(31)27-20)17-7-3-4-8-25-17/h3-10,18H,11H2,1-2H3,(H,26,30)(H,27,31)/t18-/m1/s1. The minimum Gasteiger partial charge on any atom is -0.493 e. The zero-order valence-corrected chi connectivity index (χ0v) is 17.9. The Bertz CT molecular complexity index is 1560. The van der Waals surface area contributed by atoms with Gasteiger partial charge in [-0.05, 0) is 44.2 Å². The average molecular weight is 441 g/mol. The number of H-pyrrole nitrogens is 1. The molecule has 0 aliphatic carbocycles. The Kier molecular flexibility index (Phi) is 4.13. The van der Waals surface area contributed by atoms with Crippen molar-refractivity contribution in [2.75, 3.05) is 6.61 Å². The molecule has 6 rings (SSSR count). The van der Waals surface area contributed by atoms with Crippen molar-refractivity contribution >= 4 is 11.0 Å². The van der Waals surface area contributed by atoms with Crippen molar-refractivity contribution in [3.8, 4) is 33.9 Å². The zero-order chi connectivity index (χ0) is 22.7. The van der Waals surface area contributed by atoms with Crippen LogP contribution in [0.1, 0.15) is 23.2 Å². The van der Waals surface area contributed by atoms with E-state index in [-0.39, 0.29) is 18.2 Å². The van der Waals surface area contributed by atoms with Gasteiger partial charge in [-0.15, -0.1) is 0 Å². The Morgan fingerprint density at radius 3 is 2.67 bits per heavy atom. The Morgan fingerprint density at radius 2 is 1.94 bits per heavy atom. The molecule has 0 spiro atoms. The summed E-state index contributed by atoms with van der Waals surface area (Å²) in [6.07, 6.45) is 3.20. The van der Waals surface area contributed by atoms with E-state index in [0.717, 1.165) is 16.8 Å². The molecule has 9 heteroatoms. The fourth-order valence-electron chi connectivity index (χ4n) is 4.62. The molecule has 1 aliphatic heterocycles. The van der Waals surface area contributed by atoms with E-state index < -0.39 is 6.04 Å². The molecule has 0 saturated carbocycles. The van der Waals surface area contributed by atoms with Crippen LogP contribution in [0.3, 0.4) is 0 Å². The third-order valence-corrected chi connectivity index (χ3v) is 6.05. The summed E-state index contributed by atoms with van der Waals surface area (Å²) in [5.74, 6) is 1.05. The predicted octanol–water partition coefficient (Wildman–Crippen LogP) is 3.75. The number of nitrogens with zero attached hydrogens (tertiary/aromatic N) is 4. The second-order valence-corrected chi connectivity index (χ2v) is 7.98. The minimum atomic E-state index is -0.407. The summed E-state index contributed by atoms with van der Waals surface area (Å²) in [6.45, 7) is 3.93. The van der Waals surface area contributed by atoms with E-state index >= 15 is 0 Å². The molecular weight excluding hydrogens is 422 g/mol. The molecule has 0 amide bonds. The van der Waals surface area contributed by atoms with Crippen molar-refractivity contribution in [1.82, 2.24) is 24.7 Å². The van der Waals surface area contributed by atoms with Crippen LogP contribution in [0.2, 0.25) is 0 Å². The van der Waals surface area contributed by atoms with Crippen LogP contribution in [-0.2, 0) is 0 Å². The van der Waals surface area contributed by atoms with Gasteiger partial charge in [-0.2, -0.15) is 0 Å². The Hall–Kier alpha value is -4.40. The number of nitrogens with one attached hydrogen (secondary N) is 1. The van der Waals surface area contributed by atoms with Gasteiger partial charge in [-0.3, -0.25) is 9.55 Å². The maximum atomic E-state index is 13.3. The molecule has 33 heavy (non-hydrogen) atoms. The number of rotatable bonds is 3. The first kappa shape index (κ1) is 19.3. The maximum Gasteiger partial charge on any atom is 0.327 e. The summed E-state index contributed by atoms with van der Waals surface area (Å²) >= 11 is 0. The fraction of sp³-hybridized carbons (Fsp3) is 0.167. The average Bonchev–Trinajstić information content (AvgIpc) is 3.35. The number of pyridine rings is 2. The van der Waals surface area contributed by atoms with Crippen molar-refractivity contribution in [3.05, 3.63) is 76.4 Å². The molecule has 0 radical (unpaired) electrons. The summed E-state index contributed by atoms with van der Waals surface area (Å²) < 4.78 is 13.4. The molecule has 9 nitrogen and oxygen atoms in total. The van der Waals surface area contributed by atoms with Gasteiger partial charge in [0, 0.05) is 29.1 Å². The Morgan fingerprint density at radius 1 is 1.09 bits per heavy atom. The first-order valence-electron chi connectivity index (χ1n) is 10.5. The molecule has 164 valence electrons. The van der Waals surface area contributed by atoms with E-state index in [1.165, 1.54) is 6.20 Å². The number of aryl methyl sites for hydroxylation is 2. The third kappa shape index (κ3) is 2.78. The lowest BCUT2D eigenvalue weighted by molar-refractivity contribution is 0.255. The van der Waals surface area contributed by atoms with Gasteiger partial charge in [0.2, 0.25) is 5.88 Å². The predicted molar refractivity (Wildman–Crippen MR) is 120 cm³/mol. The number of aromatic amines is 1. The van der Waals surface area contributed by atoms with Crippen LogP contribution in [-0.4, -0.2) is 36.4 Å². The van der Waals surface area contributed by atoms with Gasteiger partial charge in [-0.1, -0.05) is 11.2 Å². The monoisotopic (exact) mass is 441 g/mol. The smallest absolute Gasteiger partial charge is 0.327 e. The lowest BCUT2D eigenvalue weighted by Crippen LogP contribution is -2.31. The Labute approximate surface area is 187 Å². The van der Waals surface area contributed by atoms with Crippen molar-refractivity contribution in [1.29, 1.82) is 0 Å². The van der Waals surface area contributed by atoms with Gasteiger partial charge in [0.05, 0.1) is 22.5 Å². The summed E-state index contributed by atoms with van der Waals surface area (Å²) in [5, 5.41) is 14.6. The molecule has 0 saturated heterocycles. The van der Waals surface area contributed by atoms with Crippen LogP contribution in [0.15, 0.2) is 58.1 Å². The van der Waals surface area contributed by atoms with Gasteiger partial charge in [0.1, 0.15) is 23.9 Å². The van der Waals surface area contributed by atoms with Crippen LogP contribution < -0.4 is 10.4 Å². The summed E-state index contributed by atoms with van der Waals surface area (Å²) in [6, 6.07) is 10.5. The molecule has 0 unspecified atom stereocenters. The molecule has 1 aliphatic rings. The highest BCUT2D eigenvalue weighted by Crippen LogP contribution is 2.47. The normalized spacial score (nSPS) is 15.0. The number of aromatic hydroxyl groups is 1. The van der Waals surface area contributed by atoms with E-state index in [1.54, 1.807) is 22.9 Å². The summed E-state index contributed by atoms with van der Waals surface area (Å²) in [7, 11) is 0. The number of hydrogen-bond acceptors (Lipinski definition) is 7. The molecule has 2 N–H and O–H groups in total. The molecular formula is C24H19N5O4. The van der Waals surface area contributed by atoms with E-state index in [4.69, 9.17) is 9.26 Å². The van der Waals surface area contributed by atoms with Gasteiger partial charge in [-0.25, -0.2) is 9.78 Å². The first-order valence-corrected chi connectivity index (χ1v) is 10.5. The lowest BCUT2D eigenvalue weighted by atomic mass is 9.95. The Balaban J connectivity index is 1.75. The molecule has 1 aromatic carbocycles. The second kappa shape index (κ2) is 7.06. The maximum absolute atomic E-state index is 13.3. The van der Waals surface area contributed by atoms with E-state index in [0.29, 0.717) is 39.4 Å². The van der Waals surface area contributed by atoms with Crippen molar-refractivity contribution in [3.63, 3.8) is 0 Å². The SMILES string of the molecule is Cc1noc(C)c1-c1cc(-c2cccnc2O)c2[nH]c(=O)n3c2c1OC[C@@H]3c1ccccn1. The van der Waals surface area contributed by atoms with Crippen molar-refractivity contribution in [2.45, 2.75) is 19.9 Å². The minimum absolute atomic E-state index is 0.135.